The number of benzene rings is 1. The molecule has 0 amide bonds. The van der Waals surface area contributed by atoms with E-state index in [4.69, 9.17) is 4.74 Å². The highest BCUT2D eigenvalue weighted by atomic mass is 16.5. The predicted molar refractivity (Wildman–Crippen MR) is 66.3 cm³/mol. The Labute approximate surface area is 100 Å². The van der Waals surface area contributed by atoms with Gasteiger partial charge in [-0.05, 0) is 30.2 Å². The van der Waals surface area contributed by atoms with E-state index in [0.29, 0.717) is 5.56 Å². The van der Waals surface area contributed by atoms with Gasteiger partial charge in [0.15, 0.2) is 0 Å². The molecule has 0 N–H and O–H groups in total. The molecule has 0 unspecified atom stereocenters. The van der Waals surface area contributed by atoms with E-state index in [2.05, 4.69) is 4.98 Å². The van der Waals surface area contributed by atoms with Gasteiger partial charge in [-0.25, -0.2) is 0 Å². The molecule has 3 heteroatoms. The molecule has 2 rings (SSSR count). The number of hydrogen-bond donors (Lipinski definition) is 0. The minimum atomic E-state index is 0.683. The van der Waals surface area contributed by atoms with Crippen LogP contribution in [-0.4, -0.2) is 18.4 Å². The molecule has 0 aliphatic rings. The molecule has 1 heterocycles. The Balaban J connectivity index is 2.48. The van der Waals surface area contributed by atoms with Gasteiger partial charge in [-0.1, -0.05) is 12.1 Å². The second kappa shape index (κ2) is 4.78. The quantitative estimate of drug-likeness (QED) is 0.757. The molecule has 0 atom stereocenters. The Morgan fingerprint density at radius 3 is 2.71 bits per heavy atom. The van der Waals surface area contributed by atoms with E-state index in [1.54, 1.807) is 25.6 Å². The third kappa shape index (κ3) is 2.33. The van der Waals surface area contributed by atoms with Crippen LogP contribution in [-0.2, 0) is 0 Å². The monoisotopic (exact) mass is 227 g/mol. The van der Waals surface area contributed by atoms with Gasteiger partial charge in [0, 0.05) is 17.3 Å². The number of carbonyl (C=O) groups excluding carboxylic acids is 1. The molecule has 0 spiro atoms. The van der Waals surface area contributed by atoms with Crippen molar-refractivity contribution in [3.8, 4) is 16.9 Å². The first-order chi connectivity index (χ1) is 8.24. The fraction of sp³-hybridized carbons (Fsp3) is 0.143. The first-order valence-electron chi connectivity index (χ1n) is 5.30. The molecule has 3 nitrogen and oxygen atoms in total. The van der Waals surface area contributed by atoms with Crippen LogP contribution in [0.15, 0.2) is 36.7 Å². The van der Waals surface area contributed by atoms with Crippen molar-refractivity contribution in [2.24, 2.45) is 0 Å². The Morgan fingerprint density at radius 2 is 2.06 bits per heavy atom. The average molecular weight is 227 g/mol. The van der Waals surface area contributed by atoms with Crippen molar-refractivity contribution in [1.29, 1.82) is 0 Å². The van der Waals surface area contributed by atoms with Crippen molar-refractivity contribution >= 4 is 6.29 Å². The van der Waals surface area contributed by atoms with Crippen molar-refractivity contribution in [3.05, 3.63) is 47.8 Å². The van der Waals surface area contributed by atoms with Gasteiger partial charge in [-0.2, -0.15) is 0 Å². The summed E-state index contributed by atoms with van der Waals surface area (Å²) in [5, 5.41) is 0. The van der Waals surface area contributed by atoms with Crippen LogP contribution >= 0.6 is 0 Å². The molecule has 1 aromatic heterocycles. The van der Waals surface area contributed by atoms with Gasteiger partial charge in [-0.3, -0.25) is 9.78 Å². The van der Waals surface area contributed by atoms with Crippen LogP contribution in [0.5, 0.6) is 5.75 Å². The van der Waals surface area contributed by atoms with Crippen LogP contribution in [0.4, 0.5) is 0 Å². The number of aryl methyl sites for hydroxylation is 1. The number of aldehydes is 1. The SMILES string of the molecule is COc1cncc(-c2ccc(C=O)cc2C)c1. The van der Waals surface area contributed by atoms with Crippen molar-refractivity contribution < 1.29 is 9.53 Å². The van der Waals surface area contributed by atoms with Gasteiger partial charge in [0.2, 0.25) is 0 Å². The smallest absolute Gasteiger partial charge is 0.150 e. The average Bonchev–Trinajstić information content (AvgIpc) is 2.38. The second-order valence-electron chi connectivity index (χ2n) is 3.81. The first-order valence-corrected chi connectivity index (χ1v) is 5.30. The summed E-state index contributed by atoms with van der Waals surface area (Å²) in [4.78, 5) is 14.8. The van der Waals surface area contributed by atoms with Crippen molar-refractivity contribution in [1.82, 2.24) is 4.98 Å². The van der Waals surface area contributed by atoms with Gasteiger partial charge in [0.05, 0.1) is 13.3 Å². The Bertz CT molecular complexity index is 550. The molecule has 2 aromatic rings. The molecule has 0 radical (unpaired) electrons. The summed E-state index contributed by atoms with van der Waals surface area (Å²) in [6, 6.07) is 7.52. The first kappa shape index (κ1) is 11.3. The van der Waals surface area contributed by atoms with Gasteiger partial charge in [0.25, 0.3) is 0 Å². The van der Waals surface area contributed by atoms with Gasteiger partial charge in [-0.15, -0.1) is 0 Å². The second-order valence-corrected chi connectivity index (χ2v) is 3.81. The number of nitrogens with zero attached hydrogens (tertiary/aromatic N) is 1. The summed E-state index contributed by atoms with van der Waals surface area (Å²) in [6.45, 7) is 1.97. The molecule has 0 fully saturated rings. The standard InChI is InChI=1S/C14H13NO2/c1-10-5-11(9-16)3-4-14(10)12-6-13(17-2)8-15-7-12/h3-9H,1-2H3. The third-order valence-electron chi connectivity index (χ3n) is 2.65. The zero-order valence-electron chi connectivity index (χ0n) is 9.81. The summed E-state index contributed by atoms with van der Waals surface area (Å²) in [5.74, 6) is 0.723. The molecule has 0 aliphatic carbocycles. The highest BCUT2D eigenvalue weighted by Crippen LogP contribution is 2.25. The van der Waals surface area contributed by atoms with Crippen molar-refractivity contribution in [2.45, 2.75) is 6.92 Å². The zero-order valence-corrected chi connectivity index (χ0v) is 9.81. The molecule has 1 aromatic carbocycles. The Hall–Kier alpha value is -2.16. The lowest BCUT2D eigenvalue weighted by atomic mass is 10.00. The zero-order chi connectivity index (χ0) is 12.3. The Kier molecular flexibility index (Phi) is 3.19. The predicted octanol–water partition coefficient (Wildman–Crippen LogP) is 2.88. The molecule has 17 heavy (non-hydrogen) atoms. The summed E-state index contributed by atoms with van der Waals surface area (Å²) >= 11 is 0. The largest absolute Gasteiger partial charge is 0.495 e. The number of ether oxygens (including phenoxy) is 1. The molecular formula is C14H13NO2. The van der Waals surface area contributed by atoms with E-state index in [9.17, 15) is 4.79 Å². The highest BCUT2D eigenvalue weighted by molar-refractivity contribution is 5.78. The van der Waals surface area contributed by atoms with Crippen LogP contribution in [0.2, 0.25) is 0 Å². The molecule has 0 saturated carbocycles. The van der Waals surface area contributed by atoms with Crippen LogP contribution in [0.25, 0.3) is 11.1 Å². The maximum absolute atomic E-state index is 10.7. The van der Waals surface area contributed by atoms with E-state index in [-0.39, 0.29) is 0 Å². The summed E-state index contributed by atoms with van der Waals surface area (Å²) in [6.07, 6.45) is 4.30. The maximum Gasteiger partial charge on any atom is 0.150 e. The number of rotatable bonds is 3. The number of pyridine rings is 1. The number of methoxy groups -OCH3 is 1. The van der Waals surface area contributed by atoms with Crippen molar-refractivity contribution in [3.63, 3.8) is 0 Å². The third-order valence-corrected chi connectivity index (χ3v) is 2.65. The number of aromatic nitrogens is 1. The molecular weight excluding hydrogens is 214 g/mol. The summed E-state index contributed by atoms with van der Waals surface area (Å²) < 4.78 is 5.14. The van der Waals surface area contributed by atoms with Gasteiger partial charge >= 0.3 is 0 Å². The van der Waals surface area contributed by atoms with E-state index in [0.717, 1.165) is 28.7 Å². The van der Waals surface area contributed by atoms with E-state index in [1.165, 1.54) is 0 Å². The van der Waals surface area contributed by atoms with E-state index < -0.39 is 0 Å². The maximum atomic E-state index is 10.7. The summed E-state index contributed by atoms with van der Waals surface area (Å²) in [7, 11) is 1.61. The van der Waals surface area contributed by atoms with E-state index >= 15 is 0 Å². The van der Waals surface area contributed by atoms with Gasteiger partial charge in [0.1, 0.15) is 12.0 Å². The lowest BCUT2D eigenvalue weighted by molar-refractivity contribution is 0.112. The fourth-order valence-electron chi connectivity index (χ4n) is 1.76. The minimum absolute atomic E-state index is 0.683. The van der Waals surface area contributed by atoms with Crippen LogP contribution in [0.3, 0.4) is 0 Å². The molecule has 86 valence electrons. The molecule has 0 bridgehead atoms. The van der Waals surface area contributed by atoms with E-state index in [1.807, 2.05) is 25.1 Å². The topological polar surface area (TPSA) is 39.2 Å². The fourth-order valence-corrected chi connectivity index (χ4v) is 1.76. The van der Waals surface area contributed by atoms with Crippen molar-refractivity contribution in [2.75, 3.05) is 7.11 Å². The summed E-state index contributed by atoms with van der Waals surface area (Å²) in [5.41, 5.74) is 3.77. The molecule has 0 saturated heterocycles. The number of carbonyl (C=O) groups is 1. The lowest BCUT2D eigenvalue weighted by Gasteiger charge is -2.07. The van der Waals surface area contributed by atoms with Crippen LogP contribution < -0.4 is 4.74 Å². The minimum Gasteiger partial charge on any atom is -0.495 e. The highest BCUT2D eigenvalue weighted by Gasteiger charge is 2.04. The lowest BCUT2D eigenvalue weighted by Crippen LogP contribution is -1.89. The molecule has 0 aliphatic heterocycles. The van der Waals surface area contributed by atoms with Crippen LogP contribution in [0.1, 0.15) is 15.9 Å². The normalized spacial score (nSPS) is 10.0. The Morgan fingerprint density at radius 1 is 1.24 bits per heavy atom. The van der Waals surface area contributed by atoms with Crippen LogP contribution in [0, 0.1) is 6.92 Å². The number of hydrogen-bond acceptors (Lipinski definition) is 3. The van der Waals surface area contributed by atoms with Gasteiger partial charge < -0.3 is 4.74 Å².